The first kappa shape index (κ1) is 13.4. The van der Waals surface area contributed by atoms with E-state index in [4.69, 9.17) is 0 Å². The summed E-state index contributed by atoms with van der Waals surface area (Å²) in [6.07, 6.45) is 0. The third-order valence-electron chi connectivity index (χ3n) is 5.76. The highest BCUT2D eigenvalue weighted by atomic mass is 15.2. The van der Waals surface area contributed by atoms with Crippen LogP contribution in [0, 0.1) is 0 Å². The zero-order chi connectivity index (χ0) is 16.4. The van der Waals surface area contributed by atoms with Crippen molar-refractivity contribution in [3.8, 4) is 0 Å². The van der Waals surface area contributed by atoms with Gasteiger partial charge in [-0.05, 0) is 45.8 Å². The molecule has 24 heavy (non-hydrogen) atoms. The van der Waals surface area contributed by atoms with Gasteiger partial charge in [0.15, 0.2) is 0 Å². The zero-order valence-electron chi connectivity index (χ0n) is 13.3. The summed E-state index contributed by atoms with van der Waals surface area (Å²) >= 11 is 0. The summed E-state index contributed by atoms with van der Waals surface area (Å²) in [5.41, 5.74) is 15.4. The Hall–Kier alpha value is -3.03. The first-order valence-electron chi connectivity index (χ1n) is 8.11. The van der Waals surface area contributed by atoms with Crippen LogP contribution in [0.4, 0.5) is 0 Å². The summed E-state index contributed by atoms with van der Waals surface area (Å²) < 4.78 is 0. The van der Waals surface area contributed by atoms with Gasteiger partial charge in [-0.3, -0.25) is 0 Å². The number of rotatable bonds is 1. The second-order valence-corrected chi connectivity index (χ2v) is 6.66. The molecule has 3 aromatic carbocycles. The van der Waals surface area contributed by atoms with Gasteiger partial charge in [-0.25, -0.2) is 0 Å². The third kappa shape index (κ3) is 1.25. The second kappa shape index (κ2) is 4.28. The monoisotopic (exact) mass is 309 g/mol. The summed E-state index contributed by atoms with van der Waals surface area (Å²) in [6, 6.07) is 25.1. The molecule has 0 radical (unpaired) electrons. The van der Waals surface area contributed by atoms with Crippen molar-refractivity contribution in [3.63, 3.8) is 0 Å². The van der Waals surface area contributed by atoms with Crippen LogP contribution in [0.3, 0.4) is 0 Å². The molecule has 3 heteroatoms. The Labute approximate surface area is 140 Å². The Morgan fingerprint density at radius 2 is 1.00 bits per heavy atom. The van der Waals surface area contributed by atoms with Crippen LogP contribution in [-0.2, 0) is 11.0 Å². The predicted molar refractivity (Wildman–Crippen MR) is 93.9 cm³/mol. The van der Waals surface area contributed by atoms with Gasteiger partial charge in [0.05, 0.1) is 0 Å². The van der Waals surface area contributed by atoms with Crippen molar-refractivity contribution >= 4 is 0 Å². The predicted octanol–water partition coefficient (Wildman–Crippen LogP) is 5.27. The van der Waals surface area contributed by atoms with Gasteiger partial charge >= 0.3 is 0 Å². The van der Waals surface area contributed by atoms with Crippen molar-refractivity contribution < 1.29 is 0 Å². The van der Waals surface area contributed by atoms with Crippen LogP contribution in [0.2, 0.25) is 0 Å². The van der Waals surface area contributed by atoms with Crippen LogP contribution in [0.15, 0.2) is 77.9 Å². The first-order valence-corrected chi connectivity index (χ1v) is 8.11. The van der Waals surface area contributed by atoms with Crippen LogP contribution < -0.4 is 0 Å². The Bertz CT molecular complexity index is 926. The molecule has 3 aromatic rings. The van der Waals surface area contributed by atoms with E-state index in [2.05, 4.69) is 71.5 Å². The Morgan fingerprint density at radius 3 is 1.33 bits per heavy atom. The van der Waals surface area contributed by atoms with E-state index in [0.29, 0.717) is 0 Å². The molecule has 0 N–H and O–H groups in total. The lowest BCUT2D eigenvalue weighted by Gasteiger charge is -2.53. The largest absolute Gasteiger partial charge is 0.125 e. The minimum absolute atomic E-state index is 0.226. The molecule has 0 fully saturated rings. The average molecular weight is 309 g/mol. The highest BCUT2D eigenvalue weighted by Crippen LogP contribution is 2.62. The van der Waals surface area contributed by atoms with E-state index in [-0.39, 0.29) is 5.41 Å². The second-order valence-electron chi connectivity index (χ2n) is 6.66. The maximum atomic E-state index is 9.43. The fraction of sp³-hybridized carbons (Fsp3) is 0.143. The number of hydrogen-bond donors (Lipinski definition) is 0. The number of nitrogens with zero attached hydrogens (tertiary/aromatic N) is 3. The number of hydrogen-bond acceptors (Lipinski definition) is 1. The Morgan fingerprint density at radius 1 is 0.667 bits per heavy atom. The van der Waals surface area contributed by atoms with E-state index in [0.717, 1.165) is 16.7 Å². The van der Waals surface area contributed by atoms with Crippen LogP contribution in [-0.4, -0.2) is 0 Å². The van der Waals surface area contributed by atoms with Crippen molar-refractivity contribution in [1.82, 2.24) is 0 Å². The molecule has 6 rings (SSSR count). The van der Waals surface area contributed by atoms with Gasteiger partial charge in [0.2, 0.25) is 0 Å². The maximum absolute atomic E-state index is 9.43. The quantitative estimate of drug-likeness (QED) is 0.334. The van der Waals surface area contributed by atoms with Gasteiger partial charge < -0.3 is 0 Å². The lowest BCUT2D eigenvalue weighted by atomic mass is 9.51. The zero-order valence-corrected chi connectivity index (χ0v) is 13.3. The SMILES string of the molecule is CC12c3ccccc3C(N=[N+]=[N-])(c3ccccc31)c1ccccc12. The summed E-state index contributed by atoms with van der Waals surface area (Å²) in [5.74, 6) is 0. The van der Waals surface area contributed by atoms with Gasteiger partial charge in [0.1, 0.15) is 5.54 Å². The minimum Gasteiger partial charge on any atom is -0.0730 e. The molecule has 0 unspecified atom stereocenters. The fourth-order valence-electron chi connectivity index (χ4n) is 4.80. The summed E-state index contributed by atoms with van der Waals surface area (Å²) in [6.45, 7) is 2.28. The number of azide groups is 1. The molecule has 0 aliphatic heterocycles. The highest BCUT2D eigenvalue weighted by Gasteiger charge is 2.56. The number of benzene rings is 3. The van der Waals surface area contributed by atoms with Crippen LogP contribution in [0.25, 0.3) is 10.4 Å². The van der Waals surface area contributed by atoms with Gasteiger partial charge in [0.25, 0.3) is 0 Å². The fourth-order valence-corrected chi connectivity index (χ4v) is 4.80. The first-order chi connectivity index (χ1) is 11.7. The van der Waals surface area contributed by atoms with Gasteiger partial charge in [0, 0.05) is 10.3 Å². The van der Waals surface area contributed by atoms with Crippen LogP contribution in [0.1, 0.15) is 40.3 Å². The average Bonchev–Trinajstić information content (AvgIpc) is 2.65. The minimum atomic E-state index is -0.781. The molecule has 0 heterocycles. The molecule has 0 spiro atoms. The molecule has 2 bridgehead atoms. The van der Waals surface area contributed by atoms with Crippen molar-refractivity contribution in [2.75, 3.05) is 0 Å². The van der Waals surface area contributed by atoms with E-state index in [1.807, 2.05) is 18.2 Å². The Balaban J connectivity index is 2.09. The molecule has 114 valence electrons. The standard InChI is InChI=1S/C21H15N3/c1-20-14-8-2-5-11-17(14)21(23-24-22,18-12-6-3-9-15(18)20)19-13-7-4-10-16(19)20/h2-13H,1H3. The molecule has 3 aliphatic rings. The van der Waals surface area contributed by atoms with Crippen LogP contribution >= 0.6 is 0 Å². The lowest BCUT2D eigenvalue weighted by Crippen LogP contribution is -2.48. The van der Waals surface area contributed by atoms with Crippen molar-refractivity contribution in [1.29, 1.82) is 0 Å². The summed E-state index contributed by atoms with van der Waals surface area (Å²) in [7, 11) is 0. The molecule has 3 aliphatic carbocycles. The third-order valence-corrected chi connectivity index (χ3v) is 5.76. The van der Waals surface area contributed by atoms with Crippen molar-refractivity contribution in [2.45, 2.75) is 17.9 Å². The van der Waals surface area contributed by atoms with E-state index in [1.54, 1.807) is 0 Å². The van der Waals surface area contributed by atoms with E-state index < -0.39 is 5.54 Å². The molecule has 0 aromatic heterocycles. The molecule has 0 saturated carbocycles. The molecule has 0 atom stereocenters. The van der Waals surface area contributed by atoms with Crippen LogP contribution in [0.5, 0.6) is 0 Å². The van der Waals surface area contributed by atoms with E-state index in [9.17, 15) is 5.53 Å². The van der Waals surface area contributed by atoms with Gasteiger partial charge in [-0.2, -0.15) is 0 Å². The maximum Gasteiger partial charge on any atom is 0.125 e. The molecule has 3 nitrogen and oxygen atoms in total. The Kier molecular flexibility index (Phi) is 2.39. The summed E-state index contributed by atoms with van der Waals surface area (Å²) in [4.78, 5) is 3.27. The van der Waals surface area contributed by atoms with E-state index in [1.165, 1.54) is 16.7 Å². The highest BCUT2D eigenvalue weighted by molar-refractivity contribution is 5.74. The van der Waals surface area contributed by atoms with Gasteiger partial charge in [-0.1, -0.05) is 77.9 Å². The normalized spacial score (nSPS) is 25.2. The van der Waals surface area contributed by atoms with Gasteiger partial charge in [-0.15, -0.1) is 0 Å². The molecular formula is C21H15N3. The summed E-state index contributed by atoms with van der Waals surface area (Å²) in [5, 5.41) is 4.41. The van der Waals surface area contributed by atoms with Crippen molar-refractivity contribution in [3.05, 3.63) is 117 Å². The molecule has 0 amide bonds. The van der Waals surface area contributed by atoms with E-state index >= 15 is 0 Å². The topological polar surface area (TPSA) is 48.8 Å². The molecule has 0 saturated heterocycles. The molecular weight excluding hydrogens is 294 g/mol. The lowest BCUT2D eigenvalue weighted by molar-refractivity contribution is 0.493. The smallest absolute Gasteiger partial charge is 0.0730 e. The van der Waals surface area contributed by atoms with Crippen molar-refractivity contribution in [2.24, 2.45) is 5.11 Å².